The summed E-state index contributed by atoms with van der Waals surface area (Å²) in [5.41, 5.74) is 1.34. The Labute approximate surface area is 134 Å². The maximum absolute atomic E-state index is 12.6. The average Bonchev–Trinajstić information content (AvgIpc) is 3.02. The lowest BCUT2D eigenvalue weighted by atomic mass is 9.92. The first-order chi connectivity index (χ1) is 10.1. The summed E-state index contributed by atoms with van der Waals surface area (Å²) in [6.07, 6.45) is 1.76. The molecule has 0 bridgehead atoms. The summed E-state index contributed by atoms with van der Waals surface area (Å²) in [5.74, 6) is 0.480. The highest BCUT2D eigenvalue weighted by Gasteiger charge is 2.29. The fourth-order valence-corrected chi connectivity index (χ4v) is 5.03. The van der Waals surface area contributed by atoms with E-state index in [-0.39, 0.29) is 0 Å². The van der Waals surface area contributed by atoms with Gasteiger partial charge in [-0.05, 0) is 65.4 Å². The third-order valence-corrected chi connectivity index (χ3v) is 6.79. The zero-order valence-electron chi connectivity index (χ0n) is 11.4. The molecule has 2 heterocycles. The number of halogens is 1. The lowest BCUT2D eigenvalue weighted by molar-refractivity contribution is 0.320. The van der Waals surface area contributed by atoms with Crippen LogP contribution in [0.25, 0.3) is 0 Å². The van der Waals surface area contributed by atoms with Crippen molar-refractivity contribution in [1.29, 1.82) is 0 Å². The summed E-state index contributed by atoms with van der Waals surface area (Å²) in [6.45, 7) is 1.15. The third-order valence-electron chi connectivity index (χ3n) is 3.92. The van der Waals surface area contributed by atoms with Crippen LogP contribution < -0.4 is 0 Å². The lowest BCUT2D eigenvalue weighted by Gasteiger charge is -2.31. The van der Waals surface area contributed by atoms with Crippen molar-refractivity contribution in [2.75, 3.05) is 13.1 Å². The number of benzene rings is 1. The molecule has 1 aliphatic rings. The van der Waals surface area contributed by atoms with E-state index < -0.39 is 10.0 Å². The van der Waals surface area contributed by atoms with Crippen LogP contribution in [0, 0.1) is 0 Å². The molecule has 1 aromatic heterocycles. The molecule has 0 N–H and O–H groups in total. The first-order valence-corrected chi connectivity index (χ1v) is 9.61. The molecule has 0 aliphatic carbocycles. The number of nitrogens with zero attached hydrogens (tertiary/aromatic N) is 1. The van der Waals surface area contributed by atoms with E-state index in [4.69, 9.17) is 11.6 Å². The summed E-state index contributed by atoms with van der Waals surface area (Å²) in [5, 5.41) is 4.78. The van der Waals surface area contributed by atoms with Crippen LogP contribution in [-0.4, -0.2) is 25.8 Å². The highest BCUT2D eigenvalue weighted by Crippen LogP contribution is 2.31. The van der Waals surface area contributed by atoms with E-state index in [0.29, 0.717) is 28.9 Å². The van der Waals surface area contributed by atoms with Gasteiger partial charge in [-0.25, -0.2) is 8.42 Å². The van der Waals surface area contributed by atoms with Gasteiger partial charge in [-0.15, -0.1) is 0 Å². The van der Waals surface area contributed by atoms with Crippen molar-refractivity contribution < 1.29 is 8.42 Å². The smallest absolute Gasteiger partial charge is 0.207 e. The number of hydrogen-bond donors (Lipinski definition) is 0. The average molecular weight is 342 g/mol. The highest BCUT2D eigenvalue weighted by molar-refractivity contribution is 7.89. The van der Waals surface area contributed by atoms with Gasteiger partial charge in [0.25, 0.3) is 0 Å². The van der Waals surface area contributed by atoms with Crippen LogP contribution in [0.1, 0.15) is 24.3 Å². The van der Waals surface area contributed by atoms with Crippen molar-refractivity contribution in [3.63, 3.8) is 0 Å². The maximum Gasteiger partial charge on any atom is 0.243 e. The number of hydrogen-bond acceptors (Lipinski definition) is 3. The molecule has 21 heavy (non-hydrogen) atoms. The normalized spacial score (nSPS) is 18.0. The molecule has 1 aliphatic heterocycles. The molecule has 1 fully saturated rings. The van der Waals surface area contributed by atoms with Crippen LogP contribution in [0.2, 0.25) is 5.02 Å². The van der Waals surface area contributed by atoms with E-state index >= 15 is 0 Å². The van der Waals surface area contributed by atoms with Crippen LogP contribution in [0.3, 0.4) is 0 Å². The highest BCUT2D eigenvalue weighted by atomic mass is 35.5. The van der Waals surface area contributed by atoms with Crippen LogP contribution >= 0.6 is 22.9 Å². The Morgan fingerprint density at radius 3 is 2.33 bits per heavy atom. The van der Waals surface area contributed by atoms with Crippen molar-refractivity contribution in [1.82, 2.24) is 4.31 Å². The van der Waals surface area contributed by atoms with E-state index in [1.807, 2.05) is 0 Å². The molecule has 112 valence electrons. The fraction of sp³-hybridized carbons (Fsp3) is 0.333. The van der Waals surface area contributed by atoms with Crippen molar-refractivity contribution in [2.45, 2.75) is 23.7 Å². The predicted octanol–water partition coefficient (Wildman–Crippen LogP) is 3.97. The van der Waals surface area contributed by atoms with Gasteiger partial charge in [0.1, 0.15) is 0 Å². The molecule has 1 saturated heterocycles. The quantitative estimate of drug-likeness (QED) is 0.847. The van der Waals surface area contributed by atoms with Gasteiger partial charge in [-0.2, -0.15) is 15.6 Å². The van der Waals surface area contributed by atoms with E-state index in [1.165, 1.54) is 5.56 Å². The van der Waals surface area contributed by atoms with Crippen molar-refractivity contribution in [3.05, 3.63) is 51.7 Å². The minimum atomic E-state index is -3.39. The Balaban J connectivity index is 1.72. The first kappa shape index (κ1) is 15.0. The van der Waals surface area contributed by atoms with Crippen molar-refractivity contribution in [3.8, 4) is 0 Å². The summed E-state index contributed by atoms with van der Waals surface area (Å²) in [7, 11) is -3.39. The van der Waals surface area contributed by atoms with Crippen LogP contribution in [0.15, 0.2) is 46.0 Å². The molecule has 6 heteroatoms. The molecule has 0 atom stereocenters. The second kappa shape index (κ2) is 6.08. The van der Waals surface area contributed by atoms with E-state index in [9.17, 15) is 8.42 Å². The molecule has 0 spiro atoms. The maximum atomic E-state index is 12.6. The summed E-state index contributed by atoms with van der Waals surface area (Å²) >= 11 is 7.51. The van der Waals surface area contributed by atoms with E-state index in [1.54, 1.807) is 39.9 Å². The minimum absolute atomic E-state index is 0.320. The molecule has 0 amide bonds. The molecule has 3 rings (SSSR count). The number of piperidine rings is 1. The van der Waals surface area contributed by atoms with Crippen molar-refractivity contribution in [2.24, 2.45) is 0 Å². The minimum Gasteiger partial charge on any atom is -0.207 e. The standard InChI is InChI=1S/C15H16ClNO2S2/c16-14-1-3-15(4-2-14)21(18,19)17-8-5-12(6-9-17)13-7-10-20-11-13/h1-4,7,10-12H,5-6,8-9H2. The molecule has 1 aromatic carbocycles. The predicted molar refractivity (Wildman–Crippen MR) is 86.5 cm³/mol. The third kappa shape index (κ3) is 3.16. The van der Waals surface area contributed by atoms with Gasteiger partial charge in [0, 0.05) is 18.1 Å². The Kier molecular flexibility index (Phi) is 4.36. The number of thiophene rings is 1. The van der Waals surface area contributed by atoms with E-state index in [0.717, 1.165) is 12.8 Å². The van der Waals surface area contributed by atoms with Gasteiger partial charge in [0.15, 0.2) is 0 Å². The number of sulfonamides is 1. The topological polar surface area (TPSA) is 37.4 Å². The Bertz CT molecular complexity index is 688. The monoisotopic (exact) mass is 341 g/mol. The molecule has 2 aromatic rings. The Morgan fingerprint density at radius 1 is 1.10 bits per heavy atom. The summed E-state index contributed by atoms with van der Waals surface area (Å²) in [4.78, 5) is 0.320. The first-order valence-electron chi connectivity index (χ1n) is 6.85. The van der Waals surface area contributed by atoms with Gasteiger partial charge in [-0.3, -0.25) is 0 Å². The van der Waals surface area contributed by atoms with Crippen LogP contribution in [0.5, 0.6) is 0 Å². The van der Waals surface area contributed by atoms with Gasteiger partial charge in [0.05, 0.1) is 4.90 Å². The van der Waals surface area contributed by atoms with Gasteiger partial charge < -0.3 is 0 Å². The molecule has 0 unspecified atom stereocenters. The van der Waals surface area contributed by atoms with Crippen LogP contribution in [-0.2, 0) is 10.0 Å². The zero-order valence-corrected chi connectivity index (χ0v) is 13.8. The SMILES string of the molecule is O=S(=O)(c1ccc(Cl)cc1)N1CCC(c2ccsc2)CC1. The molecule has 3 nitrogen and oxygen atoms in total. The van der Waals surface area contributed by atoms with Gasteiger partial charge >= 0.3 is 0 Å². The van der Waals surface area contributed by atoms with Crippen LogP contribution in [0.4, 0.5) is 0 Å². The van der Waals surface area contributed by atoms with E-state index in [2.05, 4.69) is 16.8 Å². The van der Waals surface area contributed by atoms with Crippen molar-refractivity contribution >= 4 is 33.0 Å². The summed E-state index contributed by atoms with van der Waals surface area (Å²) < 4.78 is 26.7. The van der Waals surface area contributed by atoms with Gasteiger partial charge in [-0.1, -0.05) is 11.6 Å². The Hall–Kier alpha value is -0.880. The molecule has 0 saturated carbocycles. The molecule has 0 radical (unpaired) electrons. The number of rotatable bonds is 3. The second-order valence-electron chi connectivity index (χ2n) is 5.19. The molecular formula is C15H16ClNO2S2. The lowest BCUT2D eigenvalue weighted by Crippen LogP contribution is -2.37. The van der Waals surface area contributed by atoms with Gasteiger partial charge in [0.2, 0.25) is 10.0 Å². The largest absolute Gasteiger partial charge is 0.243 e. The summed E-state index contributed by atoms with van der Waals surface area (Å²) in [6, 6.07) is 8.52. The second-order valence-corrected chi connectivity index (χ2v) is 8.34. The molecular weight excluding hydrogens is 326 g/mol. The Morgan fingerprint density at radius 2 is 1.76 bits per heavy atom. The fourth-order valence-electron chi connectivity index (χ4n) is 2.69. The zero-order chi connectivity index (χ0) is 14.9.